The lowest BCUT2D eigenvalue weighted by Crippen LogP contribution is -2.30. The second-order valence-electron chi connectivity index (χ2n) is 5.05. The van der Waals surface area contributed by atoms with Crippen LogP contribution in [0.1, 0.15) is 12.0 Å². The molecule has 0 unspecified atom stereocenters. The SMILES string of the molecule is C[n+]1c2ccccc2cc2ccc(CCC(=O)O)cc21. The van der Waals surface area contributed by atoms with Gasteiger partial charge in [0, 0.05) is 29.3 Å². The van der Waals surface area contributed by atoms with Crippen LogP contribution in [-0.2, 0) is 18.3 Å². The van der Waals surface area contributed by atoms with Crippen LogP contribution in [0.5, 0.6) is 0 Å². The van der Waals surface area contributed by atoms with Gasteiger partial charge in [-0.15, -0.1) is 0 Å². The Morgan fingerprint density at radius 2 is 1.80 bits per heavy atom. The summed E-state index contributed by atoms with van der Waals surface area (Å²) in [5, 5.41) is 11.2. The van der Waals surface area contributed by atoms with Gasteiger partial charge in [0.1, 0.15) is 7.05 Å². The van der Waals surface area contributed by atoms with Crippen LogP contribution in [-0.4, -0.2) is 11.1 Å². The first kappa shape index (κ1) is 12.6. The van der Waals surface area contributed by atoms with Gasteiger partial charge in [-0.25, -0.2) is 0 Å². The van der Waals surface area contributed by atoms with E-state index in [0.29, 0.717) is 6.42 Å². The van der Waals surface area contributed by atoms with Gasteiger partial charge in [-0.1, -0.05) is 18.2 Å². The van der Waals surface area contributed by atoms with Gasteiger partial charge in [-0.05, 0) is 30.2 Å². The zero-order valence-corrected chi connectivity index (χ0v) is 11.3. The molecule has 2 aromatic carbocycles. The summed E-state index contributed by atoms with van der Waals surface area (Å²) < 4.78 is 2.16. The third kappa shape index (κ3) is 2.23. The summed E-state index contributed by atoms with van der Waals surface area (Å²) in [5.74, 6) is -0.756. The molecule has 1 heterocycles. The summed E-state index contributed by atoms with van der Waals surface area (Å²) in [7, 11) is 2.05. The molecule has 3 heteroatoms. The number of nitrogens with zero attached hydrogens (tertiary/aromatic N) is 1. The van der Waals surface area contributed by atoms with Crippen molar-refractivity contribution in [1.82, 2.24) is 0 Å². The van der Waals surface area contributed by atoms with Gasteiger partial charge in [-0.3, -0.25) is 4.79 Å². The van der Waals surface area contributed by atoms with Gasteiger partial charge in [-0.2, -0.15) is 4.57 Å². The van der Waals surface area contributed by atoms with E-state index in [2.05, 4.69) is 34.9 Å². The average molecular weight is 266 g/mol. The van der Waals surface area contributed by atoms with Crippen molar-refractivity contribution in [2.45, 2.75) is 12.8 Å². The van der Waals surface area contributed by atoms with E-state index in [-0.39, 0.29) is 6.42 Å². The summed E-state index contributed by atoms with van der Waals surface area (Å²) in [5.41, 5.74) is 3.37. The van der Waals surface area contributed by atoms with Crippen LogP contribution in [0.15, 0.2) is 48.5 Å². The third-order valence-corrected chi connectivity index (χ3v) is 3.69. The number of hydrogen-bond donors (Lipinski definition) is 1. The number of fused-ring (bicyclic) bond motifs is 2. The topological polar surface area (TPSA) is 41.2 Å². The number of carbonyl (C=O) groups is 1. The Labute approximate surface area is 117 Å². The quantitative estimate of drug-likeness (QED) is 0.585. The first-order valence-electron chi connectivity index (χ1n) is 6.67. The molecule has 3 aromatic rings. The van der Waals surface area contributed by atoms with Crippen molar-refractivity contribution in [3.05, 3.63) is 54.1 Å². The number of carboxylic acid groups (broad SMARTS) is 1. The molecule has 0 aliphatic carbocycles. The van der Waals surface area contributed by atoms with Crippen molar-refractivity contribution in [3.8, 4) is 0 Å². The van der Waals surface area contributed by atoms with Crippen molar-refractivity contribution in [2.75, 3.05) is 0 Å². The zero-order chi connectivity index (χ0) is 14.1. The smallest absolute Gasteiger partial charge is 0.303 e. The Hall–Kier alpha value is -2.42. The highest BCUT2D eigenvalue weighted by Gasteiger charge is 2.11. The molecule has 0 fully saturated rings. The van der Waals surface area contributed by atoms with E-state index >= 15 is 0 Å². The summed E-state index contributed by atoms with van der Waals surface area (Å²) in [6, 6.07) is 16.6. The van der Waals surface area contributed by atoms with Crippen LogP contribution >= 0.6 is 0 Å². The van der Waals surface area contributed by atoms with Gasteiger partial charge >= 0.3 is 5.97 Å². The van der Waals surface area contributed by atoms with Gasteiger partial charge in [0.15, 0.2) is 0 Å². The molecular formula is C17H16NO2+. The van der Waals surface area contributed by atoms with Gasteiger partial charge in [0.25, 0.3) is 0 Å². The molecule has 20 heavy (non-hydrogen) atoms. The van der Waals surface area contributed by atoms with E-state index in [0.717, 1.165) is 11.1 Å². The average Bonchev–Trinajstić information content (AvgIpc) is 2.46. The molecule has 100 valence electrons. The molecule has 3 nitrogen and oxygen atoms in total. The first-order valence-corrected chi connectivity index (χ1v) is 6.67. The Kier molecular flexibility index (Phi) is 3.11. The molecular weight excluding hydrogens is 250 g/mol. The van der Waals surface area contributed by atoms with Crippen molar-refractivity contribution < 1.29 is 14.5 Å². The molecule has 1 aromatic heterocycles. The number of aryl methyl sites for hydroxylation is 2. The van der Waals surface area contributed by atoms with Crippen LogP contribution in [0.2, 0.25) is 0 Å². The molecule has 0 amide bonds. The van der Waals surface area contributed by atoms with Gasteiger partial charge in [0.05, 0.1) is 0 Å². The van der Waals surface area contributed by atoms with Crippen molar-refractivity contribution in [1.29, 1.82) is 0 Å². The van der Waals surface area contributed by atoms with Crippen LogP contribution in [0, 0.1) is 0 Å². The molecule has 3 rings (SSSR count). The fourth-order valence-corrected chi connectivity index (χ4v) is 2.62. The maximum atomic E-state index is 10.7. The molecule has 0 radical (unpaired) electrons. The first-order chi connectivity index (χ1) is 9.65. The fraction of sp³-hybridized carbons (Fsp3) is 0.176. The molecule has 1 N–H and O–H groups in total. The molecule has 0 saturated carbocycles. The Morgan fingerprint density at radius 1 is 1.05 bits per heavy atom. The molecule has 0 spiro atoms. The fourth-order valence-electron chi connectivity index (χ4n) is 2.62. The number of para-hydroxylation sites is 1. The van der Waals surface area contributed by atoms with Crippen molar-refractivity contribution in [2.24, 2.45) is 7.05 Å². The third-order valence-electron chi connectivity index (χ3n) is 3.69. The van der Waals surface area contributed by atoms with E-state index in [4.69, 9.17) is 5.11 Å². The lowest BCUT2D eigenvalue weighted by molar-refractivity contribution is -0.617. The molecule has 0 bridgehead atoms. The molecule has 0 aliphatic heterocycles. The zero-order valence-electron chi connectivity index (χ0n) is 11.3. The summed E-state index contributed by atoms with van der Waals surface area (Å²) in [6.07, 6.45) is 0.737. The Balaban J connectivity index is 2.15. The Bertz CT molecular complexity index is 809. The predicted molar refractivity (Wildman–Crippen MR) is 78.6 cm³/mol. The minimum atomic E-state index is -0.756. The normalized spacial score (nSPS) is 11.1. The second kappa shape index (κ2) is 4.93. The van der Waals surface area contributed by atoms with Crippen LogP contribution in [0.25, 0.3) is 21.8 Å². The van der Waals surface area contributed by atoms with Crippen molar-refractivity contribution >= 4 is 27.8 Å². The standard InChI is InChI=1S/C17H15NO2/c1-18-15-5-3-2-4-13(15)11-14-8-6-12(10-16(14)18)7-9-17(19)20/h2-6,8,10-11H,7,9H2,1H3/p+1. The van der Waals surface area contributed by atoms with E-state index in [9.17, 15) is 4.79 Å². The lowest BCUT2D eigenvalue weighted by Gasteiger charge is -2.04. The van der Waals surface area contributed by atoms with E-state index < -0.39 is 5.97 Å². The number of aliphatic carboxylic acids is 1. The highest BCUT2D eigenvalue weighted by atomic mass is 16.4. The lowest BCUT2D eigenvalue weighted by atomic mass is 10.0. The highest BCUT2D eigenvalue weighted by Crippen LogP contribution is 2.19. The predicted octanol–water partition coefficient (Wildman–Crippen LogP) is 2.83. The Morgan fingerprint density at radius 3 is 2.60 bits per heavy atom. The van der Waals surface area contributed by atoms with Crippen LogP contribution in [0.4, 0.5) is 0 Å². The minimum absolute atomic E-state index is 0.169. The number of rotatable bonds is 3. The summed E-state index contributed by atoms with van der Waals surface area (Å²) in [6.45, 7) is 0. The maximum absolute atomic E-state index is 10.7. The number of pyridine rings is 1. The van der Waals surface area contributed by atoms with E-state index in [1.165, 1.54) is 16.3 Å². The van der Waals surface area contributed by atoms with E-state index in [1.807, 2.05) is 25.2 Å². The van der Waals surface area contributed by atoms with Gasteiger partial charge in [0.2, 0.25) is 11.0 Å². The van der Waals surface area contributed by atoms with Crippen LogP contribution < -0.4 is 4.57 Å². The van der Waals surface area contributed by atoms with Gasteiger partial charge < -0.3 is 5.11 Å². The second-order valence-corrected chi connectivity index (χ2v) is 5.05. The summed E-state index contributed by atoms with van der Waals surface area (Å²) >= 11 is 0. The maximum Gasteiger partial charge on any atom is 0.303 e. The number of aromatic nitrogens is 1. The molecule has 0 atom stereocenters. The van der Waals surface area contributed by atoms with Crippen molar-refractivity contribution in [3.63, 3.8) is 0 Å². The molecule has 0 saturated heterocycles. The molecule has 0 aliphatic rings. The summed E-state index contributed by atoms with van der Waals surface area (Å²) in [4.78, 5) is 10.7. The number of carboxylic acids is 1. The van der Waals surface area contributed by atoms with Crippen LogP contribution in [0.3, 0.4) is 0 Å². The number of benzene rings is 2. The van der Waals surface area contributed by atoms with E-state index in [1.54, 1.807) is 0 Å². The highest BCUT2D eigenvalue weighted by molar-refractivity contribution is 5.88. The number of hydrogen-bond acceptors (Lipinski definition) is 1. The monoisotopic (exact) mass is 266 g/mol. The minimum Gasteiger partial charge on any atom is -0.481 e. The largest absolute Gasteiger partial charge is 0.481 e.